The summed E-state index contributed by atoms with van der Waals surface area (Å²) in [5.74, 6) is 0.774. The Hall–Kier alpha value is -3.74. The number of ether oxygens (including phenoxy) is 1. The van der Waals surface area contributed by atoms with Crippen LogP contribution in [0.25, 0.3) is 11.3 Å². The van der Waals surface area contributed by atoms with Crippen LogP contribution in [-0.4, -0.2) is 41.0 Å². The number of nitrogens with one attached hydrogen (secondary N) is 1. The molecule has 5 rings (SSSR count). The van der Waals surface area contributed by atoms with Crippen LogP contribution in [0.4, 0.5) is 5.69 Å². The van der Waals surface area contributed by atoms with E-state index in [4.69, 9.17) is 4.74 Å². The molecular formula is C26H26N4O3. The largest absolute Gasteiger partial charge is 0.488 e. The molecule has 1 atom stereocenters. The van der Waals surface area contributed by atoms with Crippen LogP contribution in [-0.2, 0) is 11.2 Å². The fourth-order valence-corrected chi connectivity index (χ4v) is 4.44. The summed E-state index contributed by atoms with van der Waals surface area (Å²) in [6.07, 6.45) is 3.77. The van der Waals surface area contributed by atoms with Gasteiger partial charge in [-0.25, -0.2) is 4.98 Å². The van der Waals surface area contributed by atoms with Gasteiger partial charge in [-0.15, -0.1) is 0 Å². The molecule has 1 aromatic heterocycles. The van der Waals surface area contributed by atoms with Crippen LogP contribution in [0.1, 0.15) is 40.2 Å². The average Bonchev–Trinajstić information content (AvgIpc) is 3.44. The SMILES string of the molecule is Cc1cnc(C)c(-c2ccc3c(c2)C[C@H](CNC(=O)c2cccc(N4CCCC4=O)c2)O3)n1. The molecular weight excluding hydrogens is 416 g/mol. The van der Waals surface area contributed by atoms with E-state index >= 15 is 0 Å². The minimum absolute atomic E-state index is 0.107. The molecule has 0 unspecified atom stereocenters. The molecule has 7 nitrogen and oxygen atoms in total. The van der Waals surface area contributed by atoms with Crippen molar-refractivity contribution in [2.45, 2.75) is 39.2 Å². The Kier molecular flexibility index (Phi) is 5.54. The molecule has 33 heavy (non-hydrogen) atoms. The summed E-state index contributed by atoms with van der Waals surface area (Å²) in [7, 11) is 0. The zero-order valence-corrected chi connectivity index (χ0v) is 18.8. The molecule has 0 radical (unpaired) electrons. The molecule has 1 saturated heterocycles. The quantitative estimate of drug-likeness (QED) is 0.652. The van der Waals surface area contributed by atoms with E-state index in [1.165, 1.54) is 0 Å². The van der Waals surface area contributed by atoms with Crippen LogP contribution in [0.15, 0.2) is 48.7 Å². The number of anilines is 1. The van der Waals surface area contributed by atoms with Crippen molar-refractivity contribution in [2.75, 3.05) is 18.0 Å². The smallest absolute Gasteiger partial charge is 0.251 e. The Morgan fingerprint density at radius 2 is 2.09 bits per heavy atom. The summed E-state index contributed by atoms with van der Waals surface area (Å²) < 4.78 is 6.05. The third kappa shape index (κ3) is 4.31. The second kappa shape index (κ2) is 8.65. The van der Waals surface area contributed by atoms with E-state index in [9.17, 15) is 9.59 Å². The Bertz CT molecular complexity index is 1240. The first-order chi connectivity index (χ1) is 16.0. The number of amides is 2. The summed E-state index contributed by atoms with van der Waals surface area (Å²) in [4.78, 5) is 35.6. The number of hydrogen-bond acceptors (Lipinski definition) is 5. The number of hydrogen-bond donors (Lipinski definition) is 1. The summed E-state index contributed by atoms with van der Waals surface area (Å²) >= 11 is 0. The first-order valence-corrected chi connectivity index (χ1v) is 11.3. The van der Waals surface area contributed by atoms with Crippen molar-refractivity contribution in [3.8, 4) is 17.0 Å². The van der Waals surface area contributed by atoms with Crippen LogP contribution in [0.3, 0.4) is 0 Å². The normalized spacial score (nSPS) is 17.1. The van der Waals surface area contributed by atoms with Gasteiger partial charge in [-0.3, -0.25) is 14.6 Å². The summed E-state index contributed by atoms with van der Waals surface area (Å²) in [6.45, 7) is 5.00. The van der Waals surface area contributed by atoms with E-state index in [2.05, 4.69) is 21.4 Å². The minimum atomic E-state index is -0.172. The summed E-state index contributed by atoms with van der Waals surface area (Å²) in [5.41, 5.74) is 6.08. The second-order valence-electron chi connectivity index (χ2n) is 8.62. The molecule has 2 amide bonds. The predicted molar refractivity (Wildman–Crippen MR) is 125 cm³/mol. The van der Waals surface area contributed by atoms with Gasteiger partial charge in [-0.1, -0.05) is 6.07 Å². The highest BCUT2D eigenvalue weighted by molar-refractivity contribution is 5.99. The van der Waals surface area contributed by atoms with Gasteiger partial charge in [0.2, 0.25) is 5.91 Å². The number of aryl methyl sites for hydroxylation is 2. The van der Waals surface area contributed by atoms with Crippen molar-refractivity contribution in [2.24, 2.45) is 0 Å². The lowest BCUT2D eigenvalue weighted by molar-refractivity contribution is -0.117. The van der Waals surface area contributed by atoms with Gasteiger partial charge in [-0.05, 0) is 62.2 Å². The number of fused-ring (bicyclic) bond motifs is 1. The third-order valence-electron chi connectivity index (χ3n) is 6.13. The van der Waals surface area contributed by atoms with Gasteiger partial charge in [0.25, 0.3) is 5.91 Å². The first kappa shape index (κ1) is 21.1. The average molecular weight is 443 g/mol. The van der Waals surface area contributed by atoms with Gasteiger partial charge in [-0.2, -0.15) is 0 Å². The third-order valence-corrected chi connectivity index (χ3v) is 6.13. The maximum Gasteiger partial charge on any atom is 0.251 e. The Labute approximate surface area is 192 Å². The maximum absolute atomic E-state index is 12.7. The molecule has 7 heteroatoms. The van der Waals surface area contributed by atoms with Gasteiger partial charge < -0.3 is 15.0 Å². The topological polar surface area (TPSA) is 84.4 Å². The molecule has 2 aliphatic rings. The summed E-state index contributed by atoms with van der Waals surface area (Å²) in [5, 5.41) is 2.98. The molecule has 0 bridgehead atoms. The lowest BCUT2D eigenvalue weighted by Crippen LogP contribution is -2.34. The highest BCUT2D eigenvalue weighted by Gasteiger charge is 2.25. The minimum Gasteiger partial charge on any atom is -0.488 e. The number of benzene rings is 2. The highest BCUT2D eigenvalue weighted by Crippen LogP contribution is 2.33. The van der Waals surface area contributed by atoms with Crippen molar-refractivity contribution in [1.82, 2.24) is 15.3 Å². The van der Waals surface area contributed by atoms with Crippen molar-refractivity contribution < 1.29 is 14.3 Å². The molecule has 2 aliphatic heterocycles. The van der Waals surface area contributed by atoms with E-state index < -0.39 is 0 Å². The Balaban J connectivity index is 1.23. The molecule has 0 spiro atoms. The zero-order valence-electron chi connectivity index (χ0n) is 18.8. The first-order valence-electron chi connectivity index (χ1n) is 11.3. The zero-order chi connectivity index (χ0) is 22.9. The fraction of sp³-hybridized carbons (Fsp3) is 0.308. The second-order valence-corrected chi connectivity index (χ2v) is 8.62. The Morgan fingerprint density at radius 3 is 2.91 bits per heavy atom. The molecule has 168 valence electrons. The highest BCUT2D eigenvalue weighted by atomic mass is 16.5. The molecule has 0 aliphatic carbocycles. The van der Waals surface area contributed by atoms with Crippen LogP contribution in [0.2, 0.25) is 0 Å². The van der Waals surface area contributed by atoms with Gasteiger partial charge in [0.05, 0.1) is 23.6 Å². The molecule has 3 heterocycles. The standard InChI is InChI=1S/C26H26N4O3/c1-16-14-27-17(2)25(29-16)18-8-9-23-20(11-18)13-22(33-23)15-28-26(32)19-5-3-6-21(12-19)30-10-4-7-24(30)31/h3,5-6,8-9,11-12,14,22H,4,7,10,13,15H2,1-2H3,(H,28,32)/t22-/m1/s1. The van der Waals surface area contributed by atoms with Crippen molar-refractivity contribution >= 4 is 17.5 Å². The van der Waals surface area contributed by atoms with Crippen LogP contribution in [0, 0.1) is 13.8 Å². The van der Waals surface area contributed by atoms with Crippen LogP contribution in [0.5, 0.6) is 5.75 Å². The number of carbonyl (C=O) groups is 2. The van der Waals surface area contributed by atoms with E-state index in [1.54, 1.807) is 23.2 Å². The lowest BCUT2D eigenvalue weighted by Gasteiger charge is -2.17. The van der Waals surface area contributed by atoms with Gasteiger partial charge in [0.1, 0.15) is 11.9 Å². The van der Waals surface area contributed by atoms with Crippen molar-refractivity contribution in [3.63, 3.8) is 0 Å². The predicted octanol–water partition coefficient (Wildman–Crippen LogP) is 3.62. The summed E-state index contributed by atoms with van der Waals surface area (Å²) in [6, 6.07) is 13.3. The molecule has 0 saturated carbocycles. The monoisotopic (exact) mass is 442 g/mol. The van der Waals surface area contributed by atoms with E-state index in [0.717, 1.165) is 46.1 Å². The molecule has 3 aromatic rings. The van der Waals surface area contributed by atoms with E-state index in [1.807, 2.05) is 38.1 Å². The van der Waals surface area contributed by atoms with Gasteiger partial charge >= 0.3 is 0 Å². The van der Waals surface area contributed by atoms with Crippen LogP contribution >= 0.6 is 0 Å². The fourth-order valence-electron chi connectivity index (χ4n) is 4.44. The number of rotatable bonds is 5. The van der Waals surface area contributed by atoms with Gasteiger partial charge in [0.15, 0.2) is 0 Å². The van der Waals surface area contributed by atoms with Gasteiger partial charge in [0, 0.05) is 42.4 Å². The molecule has 2 aromatic carbocycles. The van der Waals surface area contributed by atoms with E-state index in [-0.39, 0.29) is 17.9 Å². The van der Waals surface area contributed by atoms with Crippen LogP contribution < -0.4 is 15.0 Å². The number of nitrogens with zero attached hydrogens (tertiary/aromatic N) is 3. The lowest BCUT2D eigenvalue weighted by atomic mass is 10.0. The van der Waals surface area contributed by atoms with Crippen molar-refractivity contribution in [3.05, 3.63) is 71.2 Å². The molecule has 1 N–H and O–H groups in total. The Morgan fingerprint density at radius 1 is 1.21 bits per heavy atom. The van der Waals surface area contributed by atoms with E-state index in [0.29, 0.717) is 31.5 Å². The maximum atomic E-state index is 12.7. The number of aromatic nitrogens is 2. The van der Waals surface area contributed by atoms with Crippen molar-refractivity contribution in [1.29, 1.82) is 0 Å². The number of carbonyl (C=O) groups excluding carboxylic acids is 2. The molecule has 1 fully saturated rings.